The topological polar surface area (TPSA) is 66.9 Å². The number of ketones is 1. The molecule has 1 atom stereocenters. The van der Waals surface area contributed by atoms with E-state index in [9.17, 15) is 23.2 Å². The van der Waals surface area contributed by atoms with E-state index in [0.717, 1.165) is 16.0 Å². The number of hydrogen-bond donors (Lipinski definition) is 0. The Labute approximate surface area is 125 Å². The zero-order valence-corrected chi connectivity index (χ0v) is 12.0. The number of hydroxylamine groups is 2. The van der Waals surface area contributed by atoms with Crippen molar-refractivity contribution in [2.75, 3.05) is 20.7 Å². The van der Waals surface area contributed by atoms with Crippen LogP contribution in [0.25, 0.3) is 0 Å². The van der Waals surface area contributed by atoms with Gasteiger partial charge in [0.1, 0.15) is 17.6 Å². The summed E-state index contributed by atoms with van der Waals surface area (Å²) < 4.78 is 26.5. The maximum absolute atomic E-state index is 13.6. The number of likely N-dealkylation sites (N-methyl/N-ethyl adjacent to an activating group) is 1. The van der Waals surface area contributed by atoms with Crippen LogP contribution in [0.4, 0.5) is 8.78 Å². The van der Waals surface area contributed by atoms with Crippen LogP contribution in [0.15, 0.2) is 18.2 Å². The number of hydrogen-bond acceptors (Lipinski definition) is 4. The highest BCUT2D eigenvalue weighted by molar-refractivity contribution is 6.42. The summed E-state index contributed by atoms with van der Waals surface area (Å²) >= 11 is 0. The fourth-order valence-corrected chi connectivity index (χ4v) is 2.18. The van der Waals surface area contributed by atoms with Gasteiger partial charge in [-0.1, -0.05) is 6.07 Å². The van der Waals surface area contributed by atoms with Gasteiger partial charge < -0.3 is 4.90 Å². The minimum absolute atomic E-state index is 0.0294. The zero-order chi connectivity index (χ0) is 16.4. The first-order chi connectivity index (χ1) is 10.3. The highest BCUT2D eigenvalue weighted by atomic mass is 19.1. The van der Waals surface area contributed by atoms with Crippen LogP contribution in [0.1, 0.15) is 5.56 Å². The number of benzene rings is 1. The van der Waals surface area contributed by atoms with E-state index < -0.39 is 35.1 Å². The molecule has 0 aromatic heterocycles. The van der Waals surface area contributed by atoms with Gasteiger partial charge in [0.05, 0.1) is 13.7 Å². The van der Waals surface area contributed by atoms with Crippen LogP contribution in [-0.4, -0.2) is 48.3 Å². The summed E-state index contributed by atoms with van der Waals surface area (Å²) in [6, 6.07) is 2.91. The third kappa shape index (κ3) is 2.96. The van der Waals surface area contributed by atoms with Gasteiger partial charge in [0, 0.05) is 25.2 Å². The van der Waals surface area contributed by atoms with Crippen molar-refractivity contribution >= 4 is 17.6 Å². The van der Waals surface area contributed by atoms with Crippen LogP contribution in [0, 0.1) is 17.6 Å². The summed E-state index contributed by atoms with van der Waals surface area (Å²) in [6.45, 7) is -0.356. The Morgan fingerprint density at radius 1 is 1.41 bits per heavy atom. The predicted molar refractivity (Wildman–Crippen MR) is 70.1 cm³/mol. The van der Waals surface area contributed by atoms with Gasteiger partial charge in [-0.3, -0.25) is 19.2 Å². The van der Waals surface area contributed by atoms with Crippen LogP contribution in [0.3, 0.4) is 0 Å². The number of likely N-dealkylation sites (tertiary alicyclic amines) is 1. The van der Waals surface area contributed by atoms with Crippen LogP contribution in [-0.2, 0) is 25.8 Å². The van der Waals surface area contributed by atoms with Crippen molar-refractivity contribution in [3.05, 3.63) is 35.4 Å². The Morgan fingerprint density at radius 3 is 2.59 bits per heavy atom. The summed E-state index contributed by atoms with van der Waals surface area (Å²) in [5, 5.41) is 0.783. The Hall–Kier alpha value is -2.35. The quantitative estimate of drug-likeness (QED) is 0.462. The van der Waals surface area contributed by atoms with Crippen molar-refractivity contribution in [3.8, 4) is 0 Å². The van der Waals surface area contributed by atoms with Crippen LogP contribution in [0.5, 0.6) is 0 Å². The molecule has 22 heavy (non-hydrogen) atoms. The third-order valence-electron chi connectivity index (χ3n) is 3.42. The highest BCUT2D eigenvalue weighted by Crippen LogP contribution is 2.18. The molecule has 6 nitrogen and oxygen atoms in total. The lowest BCUT2D eigenvalue weighted by molar-refractivity contribution is -0.184. The van der Waals surface area contributed by atoms with Crippen LogP contribution < -0.4 is 0 Å². The molecule has 0 radical (unpaired) electrons. The van der Waals surface area contributed by atoms with Gasteiger partial charge in [0.25, 0.3) is 11.8 Å². The normalized spacial score (nSPS) is 18.0. The van der Waals surface area contributed by atoms with E-state index in [-0.39, 0.29) is 18.7 Å². The van der Waals surface area contributed by atoms with E-state index in [1.807, 2.05) is 0 Å². The Bertz CT molecular complexity index is 635. The van der Waals surface area contributed by atoms with Gasteiger partial charge in [-0.2, -0.15) is 0 Å². The number of rotatable bonds is 4. The molecule has 2 amide bonds. The monoisotopic (exact) mass is 312 g/mol. The maximum atomic E-state index is 13.6. The minimum atomic E-state index is -1.18. The fraction of sp³-hybridized carbons (Fsp3) is 0.357. The molecule has 1 aromatic carbocycles. The first-order valence-corrected chi connectivity index (χ1v) is 6.44. The maximum Gasteiger partial charge on any atom is 0.290 e. The molecule has 1 aliphatic heterocycles. The summed E-state index contributed by atoms with van der Waals surface area (Å²) in [4.78, 5) is 41.4. The minimum Gasteiger partial charge on any atom is -0.338 e. The lowest BCUT2D eigenvalue weighted by Gasteiger charge is -2.22. The van der Waals surface area contributed by atoms with Crippen molar-refractivity contribution in [2.24, 2.45) is 5.92 Å². The van der Waals surface area contributed by atoms with Crippen LogP contribution in [0.2, 0.25) is 0 Å². The molecule has 0 spiro atoms. The molecule has 1 unspecified atom stereocenters. The van der Waals surface area contributed by atoms with E-state index in [1.165, 1.54) is 20.2 Å². The molecular formula is C14H14F2N2O4. The van der Waals surface area contributed by atoms with Gasteiger partial charge in [-0.25, -0.2) is 13.8 Å². The highest BCUT2D eigenvalue weighted by Gasteiger charge is 2.43. The number of amides is 2. The molecule has 8 heteroatoms. The molecule has 0 aliphatic carbocycles. The Balaban J connectivity index is 2.16. The van der Waals surface area contributed by atoms with E-state index in [1.54, 1.807) is 0 Å². The Kier molecular flexibility index (Phi) is 4.51. The fourth-order valence-electron chi connectivity index (χ4n) is 2.18. The third-order valence-corrected chi connectivity index (χ3v) is 3.42. The van der Waals surface area contributed by atoms with Crippen LogP contribution >= 0.6 is 0 Å². The molecule has 1 saturated heterocycles. The zero-order valence-electron chi connectivity index (χ0n) is 12.0. The largest absolute Gasteiger partial charge is 0.338 e. The molecular weight excluding hydrogens is 298 g/mol. The number of halogens is 2. The lowest BCUT2D eigenvalue weighted by Crippen LogP contribution is -2.38. The van der Waals surface area contributed by atoms with E-state index in [4.69, 9.17) is 4.84 Å². The molecule has 0 saturated carbocycles. The first-order valence-electron chi connectivity index (χ1n) is 6.44. The summed E-state index contributed by atoms with van der Waals surface area (Å²) in [5.74, 6) is -5.07. The first kappa shape index (κ1) is 16.0. The second kappa shape index (κ2) is 6.18. The van der Waals surface area contributed by atoms with Gasteiger partial charge in [-0.15, -0.1) is 0 Å². The lowest BCUT2D eigenvalue weighted by atomic mass is 10.1. The van der Waals surface area contributed by atoms with Crippen molar-refractivity contribution in [3.63, 3.8) is 0 Å². The van der Waals surface area contributed by atoms with Gasteiger partial charge in [-0.05, 0) is 6.07 Å². The molecule has 1 aliphatic rings. The van der Waals surface area contributed by atoms with Gasteiger partial charge in [0.2, 0.25) is 5.78 Å². The van der Waals surface area contributed by atoms with E-state index in [0.29, 0.717) is 6.07 Å². The second-order valence-electron chi connectivity index (χ2n) is 4.90. The molecule has 1 aromatic rings. The molecule has 0 N–H and O–H groups in total. The van der Waals surface area contributed by atoms with Gasteiger partial charge >= 0.3 is 0 Å². The molecule has 0 bridgehead atoms. The van der Waals surface area contributed by atoms with Gasteiger partial charge in [0.15, 0.2) is 0 Å². The predicted octanol–water partition coefficient (Wildman–Crippen LogP) is 0.512. The number of nitrogens with zero attached hydrogens (tertiary/aromatic N) is 2. The molecule has 1 fully saturated rings. The molecule has 1 heterocycles. The Morgan fingerprint density at radius 2 is 2.09 bits per heavy atom. The summed E-state index contributed by atoms with van der Waals surface area (Å²) in [6.07, 6.45) is 0. The average molecular weight is 312 g/mol. The molecule has 2 rings (SSSR count). The van der Waals surface area contributed by atoms with Crippen molar-refractivity contribution < 1.29 is 28.0 Å². The smallest absolute Gasteiger partial charge is 0.290 e. The van der Waals surface area contributed by atoms with Crippen molar-refractivity contribution in [2.45, 2.75) is 6.54 Å². The molecule has 118 valence electrons. The van der Waals surface area contributed by atoms with Crippen molar-refractivity contribution in [1.29, 1.82) is 0 Å². The average Bonchev–Trinajstić information content (AvgIpc) is 2.73. The number of Topliss-reactive ketones (excluding diaryl/α,β-unsaturated/α-hetero) is 1. The number of carbonyl (C=O) groups excluding carboxylic acids is 3. The summed E-state index contributed by atoms with van der Waals surface area (Å²) in [7, 11) is 2.59. The second-order valence-corrected chi connectivity index (χ2v) is 4.90. The number of carbonyl (C=O) groups is 3. The van der Waals surface area contributed by atoms with E-state index >= 15 is 0 Å². The summed E-state index contributed by atoms with van der Waals surface area (Å²) in [5.41, 5.74) is 0.0294. The SMILES string of the molecule is CON(Cc1ccc(F)cc1F)C(=O)C1CN(C)C(=O)C1=O. The van der Waals surface area contributed by atoms with E-state index in [2.05, 4.69) is 0 Å². The standard InChI is InChI=1S/C14H14F2N2O4/c1-17-7-10(12(19)14(17)21)13(20)18(22-2)6-8-3-4-9(15)5-11(8)16/h3-5,10H,6-7H2,1-2H3. The van der Waals surface area contributed by atoms with Crippen molar-refractivity contribution in [1.82, 2.24) is 9.96 Å².